The highest BCUT2D eigenvalue weighted by molar-refractivity contribution is 9.11. The van der Waals surface area contributed by atoms with Gasteiger partial charge in [-0.1, -0.05) is 42.5 Å². The summed E-state index contributed by atoms with van der Waals surface area (Å²) in [6.45, 7) is 0. The molecule has 0 aromatic heterocycles. The smallest absolute Gasteiger partial charge is 0.326 e. The predicted octanol–water partition coefficient (Wildman–Crippen LogP) is 5.50. The summed E-state index contributed by atoms with van der Waals surface area (Å²) in [4.78, 5) is 49.2. The van der Waals surface area contributed by atoms with Crippen LogP contribution in [0.1, 0.15) is 45.0 Å². The van der Waals surface area contributed by atoms with Crippen LogP contribution in [0.2, 0.25) is 0 Å². The number of hydrogen-bond acceptors (Lipinski definition) is 6. The molecule has 3 rings (SSSR count). The Labute approximate surface area is 223 Å². The van der Waals surface area contributed by atoms with Crippen molar-refractivity contribution in [3.8, 4) is 5.75 Å². The molecule has 0 radical (unpaired) electrons. The molecule has 186 valence electrons. The quantitative estimate of drug-likeness (QED) is 0.207. The fourth-order valence-electron chi connectivity index (χ4n) is 3.55. The van der Waals surface area contributed by atoms with E-state index in [0.717, 1.165) is 0 Å². The Hall–Kier alpha value is -3.50. The first-order valence-corrected chi connectivity index (χ1v) is 12.3. The summed E-state index contributed by atoms with van der Waals surface area (Å²) < 4.78 is 0.558. The molecular formula is C26H21Br2NO7. The number of ketones is 2. The molecule has 2 unspecified atom stereocenters. The number of phenolic OH excluding ortho intramolecular Hbond substituents is 1. The number of halogens is 2. The second-order valence-corrected chi connectivity index (χ2v) is 9.67. The molecule has 0 aliphatic carbocycles. The molecule has 0 heterocycles. The maximum absolute atomic E-state index is 12.9. The van der Waals surface area contributed by atoms with Crippen LogP contribution in [0.15, 0.2) is 75.7 Å². The second kappa shape index (κ2) is 12.0. The number of Topliss-reactive ketones (excluding diaryl/α,β-unsaturated/α-hetero) is 2. The van der Waals surface area contributed by atoms with E-state index in [4.69, 9.17) is 0 Å². The Morgan fingerprint density at radius 2 is 1.36 bits per heavy atom. The third kappa shape index (κ3) is 6.79. The molecule has 0 bridgehead atoms. The topological polar surface area (TPSA) is 141 Å². The standard InChI is InChI=1S/C26H21Br2NO7/c27-19-10-16(11-20(28)24(19)32)23(31)13-21(26(35)36)29-17-8-4-7-15(9-17)22(30)12-18(25(33)34)14-5-2-1-3-6-14/h1-11,18,21,29,32H,12-13H2,(H,33,34)(H,35,36). The van der Waals surface area contributed by atoms with Crippen molar-refractivity contribution in [3.05, 3.63) is 92.4 Å². The summed E-state index contributed by atoms with van der Waals surface area (Å²) in [6.07, 6.45) is -0.666. The molecule has 2 atom stereocenters. The number of carbonyl (C=O) groups is 4. The van der Waals surface area contributed by atoms with E-state index in [2.05, 4.69) is 37.2 Å². The van der Waals surface area contributed by atoms with Gasteiger partial charge in [0, 0.05) is 29.7 Å². The van der Waals surface area contributed by atoms with Crippen molar-refractivity contribution in [1.82, 2.24) is 0 Å². The highest BCUT2D eigenvalue weighted by Crippen LogP contribution is 2.34. The zero-order chi connectivity index (χ0) is 26.4. The molecule has 0 saturated heterocycles. The van der Waals surface area contributed by atoms with Crippen molar-refractivity contribution in [1.29, 1.82) is 0 Å². The molecule has 0 aliphatic heterocycles. The normalized spacial score (nSPS) is 12.4. The van der Waals surface area contributed by atoms with E-state index in [1.54, 1.807) is 42.5 Å². The number of carbonyl (C=O) groups excluding carboxylic acids is 2. The third-order valence-corrected chi connectivity index (χ3v) is 6.65. The Morgan fingerprint density at radius 1 is 0.750 bits per heavy atom. The fourth-order valence-corrected chi connectivity index (χ4v) is 4.74. The van der Waals surface area contributed by atoms with E-state index in [1.807, 2.05) is 0 Å². The number of nitrogens with one attached hydrogen (secondary N) is 1. The van der Waals surface area contributed by atoms with Gasteiger partial charge in [0.2, 0.25) is 0 Å². The molecule has 0 amide bonds. The minimum Gasteiger partial charge on any atom is -0.506 e. The number of aliphatic carboxylic acids is 2. The molecule has 0 saturated carbocycles. The van der Waals surface area contributed by atoms with Crippen LogP contribution in [0.25, 0.3) is 0 Å². The van der Waals surface area contributed by atoms with Gasteiger partial charge < -0.3 is 20.6 Å². The first-order chi connectivity index (χ1) is 17.1. The monoisotopic (exact) mass is 617 g/mol. The van der Waals surface area contributed by atoms with E-state index in [-0.39, 0.29) is 32.2 Å². The predicted molar refractivity (Wildman–Crippen MR) is 140 cm³/mol. The SMILES string of the molecule is O=C(CC(Nc1cccc(C(=O)CC(C(=O)O)c2ccccc2)c1)C(=O)O)c1cc(Br)c(O)c(Br)c1. The van der Waals surface area contributed by atoms with E-state index >= 15 is 0 Å². The summed E-state index contributed by atoms with van der Waals surface area (Å²) in [5, 5.41) is 31.9. The summed E-state index contributed by atoms with van der Waals surface area (Å²) in [5.41, 5.74) is 1.21. The van der Waals surface area contributed by atoms with Crippen molar-refractivity contribution in [2.24, 2.45) is 0 Å². The van der Waals surface area contributed by atoms with Crippen LogP contribution in [-0.4, -0.2) is 44.9 Å². The molecular weight excluding hydrogens is 598 g/mol. The summed E-state index contributed by atoms with van der Waals surface area (Å²) in [6, 6.07) is 16.0. The van der Waals surface area contributed by atoms with Gasteiger partial charge in [0.15, 0.2) is 11.6 Å². The molecule has 10 heteroatoms. The van der Waals surface area contributed by atoms with Crippen LogP contribution in [0, 0.1) is 0 Å². The lowest BCUT2D eigenvalue weighted by molar-refractivity contribution is -0.139. The molecule has 0 spiro atoms. The Kier molecular flexibility index (Phi) is 9.00. The Bertz CT molecular complexity index is 1290. The number of rotatable bonds is 11. The van der Waals surface area contributed by atoms with Crippen molar-refractivity contribution in [2.45, 2.75) is 24.8 Å². The lowest BCUT2D eigenvalue weighted by Gasteiger charge is -2.17. The van der Waals surface area contributed by atoms with Crippen molar-refractivity contribution in [3.63, 3.8) is 0 Å². The van der Waals surface area contributed by atoms with Gasteiger partial charge in [-0.2, -0.15) is 0 Å². The highest BCUT2D eigenvalue weighted by Gasteiger charge is 2.25. The van der Waals surface area contributed by atoms with E-state index in [1.165, 1.54) is 24.3 Å². The Morgan fingerprint density at radius 3 is 1.94 bits per heavy atom. The molecule has 3 aromatic rings. The zero-order valence-corrected chi connectivity index (χ0v) is 21.8. The summed E-state index contributed by atoms with van der Waals surface area (Å²) in [5.74, 6) is -4.40. The van der Waals surface area contributed by atoms with Gasteiger partial charge in [-0.25, -0.2) is 4.79 Å². The van der Waals surface area contributed by atoms with Crippen molar-refractivity contribution >= 4 is 61.1 Å². The molecule has 0 aliphatic rings. The molecule has 3 aromatic carbocycles. The molecule has 4 N–H and O–H groups in total. The second-order valence-electron chi connectivity index (χ2n) is 7.96. The van der Waals surface area contributed by atoms with Crippen LogP contribution >= 0.6 is 31.9 Å². The third-order valence-electron chi connectivity index (χ3n) is 5.44. The Balaban J connectivity index is 1.75. The van der Waals surface area contributed by atoms with Gasteiger partial charge in [-0.15, -0.1) is 0 Å². The number of carboxylic acid groups (broad SMARTS) is 2. The summed E-state index contributed by atoms with van der Waals surface area (Å²) >= 11 is 6.29. The van der Waals surface area contributed by atoms with Crippen LogP contribution in [-0.2, 0) is 9.59 Å². The lowest BCUT2D eigenvalue weighted by atomic mass is 9.91. The number of aromatic hydroxyl groups is 1. The van der Waals surface area contributed by atoms with Crippen LogP contribution in [0.5, 0.6) is 5.75 Å². The van der Waals surface area contributed by atoms with Crippen molar-refractivity contribution < 1.29 is 34.5 Å². The maximum atomic E-state index is 12.9. The fraction of sp³-hybridized carbons (Fsp3) is 0.154. The number of phenols is 1. The number of anilines is 1. The largest absolute Gasteiger partial charge is 0.506 e. The zero-order valence-electron chi connectivity index (χ0n) is 18.7. The van der Waals surface area contributed by atoms with Crippen molar-refractivity contribution in [2.75, 3.05) is 5.32 Å². The molecule has 8 nitrogen and oxygen atoms in total. The number of hydrogen-bond donors (Lipinski definition) is 4. The van der Waals surface area contributed by atoms with Crippen LogP contribution in [0.3, 0.4) is 0 Å². The maximum Gasteiger partial charge on any atom is 0.326 e. The molecule has 0 fully saturated rings. The van der Waals surface area contributed by atoms with Gasteiger partial charge >= 0.3 is 11.9 Å². The summed E-state index contributed by atoms with van der Waals surface area (Å²) in [7, 11) is 0. The first kappa shape index (κ1) is 27.1. The number of benzene rings is 3. The van der Waals surface area contributed by atoms with Gasteiger partial charge in [0.25, 0.3) is 0 Å². The average molecular weight is 619 g/mol. The van der Waals surface area contributed by atoms with Gasteiger partial charge in [0.1, 0.15) is 11.8 Å². The minimum absolute atomic E-state index is 0.0849. The van der Waals surface area contributed by atoms with Gasteiger partial charge in [-0.05, 0) is 61.7 Å². The van der Waals surface area contributed by atoms with E-state index in [0.29, 0.717) is 11.3 Å². The highest BCUT2D eigenvalue weighted by atomic mass is 79.9. The first-order valence-electron chi connectivity index (χ1n) is 10.7. The lowest BCUT2D eigenvalue weighted by Crippen LogP contribution is -2.32. The average Bonchev–Trinajstić information content (AvgIpc) is 2.85. The molecule has 36 heavy (non-hydrogen) atoms. The van der Waals surface area contributed by atoms with E-state index < -0.39 is 41.9 Å². The number of carboxylic acids is 2. The van der Waals surface area contributed by atoms with E-state index in [9.17, 15) is 34.5 Å². The van der Waals surface area contributed by atoms with Crippen LogP contribution in [0.4, 0.5) is 5.69 Å². The minimum atomic E-state index is -1.30. The van der Waals surface area contributed by atoms with Crippen LogP contribution < -0.4 is 5.32 Å². The van der Waals surface area contributed by atoms with Gasteiger partial charge in [0.05, 0.1) is 14.9 Å². The van der Waals surface area contributed by atoms with Gasteiger partial charge in [-0.3, -0.25) is 14.4 Å².